The third-order valence-corrected chi connectivity index (χ3v) is 7.53. The summed E-state index contributed by atoms with van der Waals surface area (Å²) in [4.78, 5) is 13.3. The molecule has 3 aromatic rings. The molecule has 0 saturated carbocycles. The zero-order chi connectivity index (χ0) is 24.3. The number of hydrogen-bond acceptors (Lipinski definition) is 6. The van der Waals surface area contributed by atoms with E-state index in [9.17, 15) is 13.2 Å². The summed E-state index contributed by atoms with van der Waals surface area (Å²) in [6.07, 6.45) is 1.47. The summed E-state index contributed by atoms with van der Waals surface area (Å²) in [5, 5.41) is 2.85. The molecule has 0 radical (unpaired) electrons. The molecule has 1 aliphatic heterocycles. The van der Waals surface area contributed by atoms with Crippen molar-refractivity contribution in [1.82, 2.24) is 0 Å². The lowest BCUT2D eigenvalue weighted by atomic mass is 10.0. The molecule has 0 saturated heterocycles. The number of anilines is 2. The van der Waals surface area contributed by atoms with E-state index in [4.69, 9.17) is 14.2 Å². The minimum atomic E-state index is -3.73. The van der Waals surface area contributed by atoms with Crippen LogP contribution in [-0.4, -0.2) is 42.2 Å². The van der Waals surface area contributed by atoms with Crippen LogP contribution in [0.15, 0.2) is 65.6 Å². The van der Waals surface area contributed by atoms with Gasteiger partial charge in [-0.2, -0.15) is 0 Å². The number of aryl methyl sites for hydroxylation is 1. The van der Waals surface area contributed by atoms with Crippen molar-refractivity contribution >= 4 is 27.3 Å². The number of benzene rings is 3. The molecule has 34 heavy (non-hydrogen) atoms. The Labute approximate surface area is 199 Å². The van der Waals surface area contributed by atoms with Crippen LogP contribution in [0.2, 0.25) is 0 Å². The Bertz CT molecular complexity index is 1310. The van der Waals surface area contributed by atoms with E-state index in [1.54, 1.807) is 54.6 Å². The number of rotatable bonds is 7. The highest BCUT2D eigenvalue weighted by molar-refractivity contribution is 7.92. The normalized spacial score (nSPS) is 13.1. The third kappa shape index (κ3) is 4.26. The molecule has 1 aliphatic rings. The quantitative estimate of drug-likeness (QED) is 0.545. The predicted molar refractivity (Wildman–Crippen MR) is 130 cm³/mol. The van der Waals surface area contributed by atoms with Crippen LogP contribution in [-0.2, 0) is 16.4 Å². The molecule has 8 nitrogen and oxygen atoms in total. The van der Waals surface area contributed by atoms with Gasteiger partial charge in [-0.15, -0.1) is 0 Å². The molecule has 0 aromatic heterocycles. The largest absolute Gasteiger partial charge is 0.493 e. The average Bonchev–Trinajstić information content (AvgIpc) is 2.87. The Hall–Kier alpha value is -3.72. The number of amides is 1. The van der Waals surface area contributed by atoms with Gasteiger partial charge in [-0.1, -0.05) is 24.3 Å². The van der Waals surface area contributed by atoms with Crippen molar-refractivity contribution in [3.8, 4) is 17.2 Å². The van der Waals surface area contributed by atoms with Crippen molar-refractivity contribution in [3.05, 3.63) is 71.8 Å². The lowest BCUT2D eigenvalue weighted by molar-refractivity contribution is 0.102. The number of carbonyl (C=O) groups is 1. The maximum atomic E-state index is 13.3. The van der Waals surface area contributed by atoms with E-state index in [2.05, 4.69) is 5.32 Å². The first-order valence-corrected chi connectivity index (χ1v) is 12.2. The summed E-state index contributed by atoms with van der Waals surface area (Å²) < 4.78 is 44.1. The van der Waals surface area contributed by atoms with Crippen LogP contribution in [0.4, 0.5) is 11.4 Å². The van der Waals surface area contributed by atoms with Crippen LogP contribution < -0.4 is 23.8 Å². The van der Waals surface area contributed by atoms with Crippen LogP contribution in [0.3, 0.4) is 0 Å². The fourth-order valence-corrected chi connectivity index (χ4v) is 5.62. The summed E-state index contributed by atoms with van der Waals surface area (Å²) in [5.74, 6) is 0.561. The van der Waals surface area contributed by atoms with Gasteiger partial charge in [0.2, 0.25) is 5.75 Å². The molecule has 0 spiro atoms. The van der Waals surface area contributed by atoms with E-state index in [-0.39, 0.29) is 16.2 Å². The van der Waals surface area contributed by atoms with Crippen LogP contribution in [0.5, 0.6) is 17.2 Å². The molecule has 0 aliphatic carbocycles. The van der Waals surface area contributed by atoms with E-state index >= 15 is 0 Å². The molecule has 0 unspecified atom stereocenters. The van der Waals surface area contributed by atoms with Crippen LogP contribution in [0, 0.1) is 0 Å². The number of nitrogens with one attached hydrogen (secondary N) is 1. The van der Waals surface area contributed by atoms with Gasteiger partial charge < -0.3 is 19.5 Å². The van der Waals surface area contributed by atoms with Gasteiger partial charge in [-0.3, -0.25) is 9.10 Å². The van der Waals surface area contributed by atoms with Gasteiger partial charge in [0.15, 0.2) is 11.5 Å². The second-order valence-corrected chi connectivity index (χ2v) is 9.54. The van der Waals surface area contributed by atoms with Crippen LogP contribution in [0.25, 0.3) is 0 Å². The second-order valence-electron chi connectivity index (χ2n) is 7.67. The van der Waals surface area contributed by atoms with Crippen LogP contribution >= 0.6 is 0 Å². The number of nitrogens with zero attached hydrogens (tertiary/aromatic N) is 1. The third-order valence-electron chi connectivity index (χ3n) is 5.70. The number of methoxy groups -OCH3 is 3. The van der Waals surface area contributed by atoms with Crippen molar-refractivity contribution < 1.29 is 27.4 Å². The smallest absolute Gasteiger partial charge is 0.264 e. The minimum Gasteiger partial charge on any atom is -0.493 e. The Kier molecular flexibility index (Phi) is 6.65. The zero-order valence-corrected chi connectivity index (χ0v) is 20.0. The SMILES string of the molecule is COc1ccc(C(=O)Nc2ccc3c(c2)N(S(=O)(=O)c2ccccc2)CCC3)c(OC)c1OC. The molecular formula is C25H26N2O6S. The summed E-state index contributed by atoms with van der Waals surface area (Å²) in [6.45, 7) is 0.366. The molecule has 1 amide bonds. The maximum absolute atomic E-state index is 13.3. The first-order valence-electron chi connectivity index (χ1n) is 10.7. The fourth-order valence-electron chi connectivity index (χ4n) is 4.07. The highest BCUT2D eigenvalue weighted by atomic mass is 32.2. The predicted octanol–water partition coefficient (Wildman–Crippen LogP) is 4.11. The van der Waals surface area contributed by atoms with E-state index in [1.165, 1.54) is 25.6 Å². The minimum absolute atomic E-state index is 0.229. The summed E-state index contributed by atoms with van der Waals surface area (Å²) >= 11 is 0. The topological polar surface area (TPSA) is 94.2 Å². The first-order chi connectivity index (χ1) is 16.4. The molecule has 0 bridgehead atoms. The maximum Gasteiger partial charge on any atom is 0.264 e. The van der Waals surface area contributed by atoms with Crippen LogP contribution in [0.1, 0.15) is 22.3 Å². The summed E-state index contributed by atoms with van der Waals surface area (Å²) in [7, 11) is 0.679. The number of hydrogen-bond donors (Lipinski definition) is 1. The monoisotopic (exact) mass is 482 g/mol. The summed E-state index contributed by atoms with van der Waals surface area (Å²) in [5.41, 5.74) is 2.20. The first kappa shape index (κ1) is 23.4. The Morgan fingerprint density at radius 3 is 2.32 bits per heavy atom. The molecule has 178 valence electrons. The Morgan fingerprint density at radius 2 is 1.65 bits per heavy atom. The molecule has 3 aromatic carbocycles. The van der Waals surface area contributed by atoms with E-state index in [0.29, 0.717) is 35.8 Å². The van der Waals surface area contributed by atoms with E-state index in [1.807, 2.05) is 6.07 Å². The lowest BCUT2D eigenvalue weighted by Gasteiger charge is -2.31. The molecule has 4 rings (SSSR count). The highest BCUT2D eigenvalue weighted by Gasteiger charge is 2.29. The van der Waals surface area contributed by atoms with E-state index < -0.39 is 15.9 Å². The molecule has 9 heteroatoms. The second kappa shape index (κ2) is 9.64. The molecule has 0 atom stereocenters. The zero-order valence-electron chi connectivity index (χ0n) is 19.2. The lowest BCUT2D eigenvalue weighted by Crippen LogP contribution is -2.35. The van der Waals surface area contributed by atoms with Crippen molar-refractivity contribution in [2.45, 2.75) is 17.7 Å². The van der Waals surface area contributed by atoms with Gasteiger partial charge in [0.1, 0.15) is 0 Å². The van der Waals surface area contributed by atoms with Gasteiger partial charge >= 0.3 is 0 Å². The average molecular weight is 483 g/mol. The highest BCUT2D eigenvalue weighted by Crippen LogP contribution is 2.40. The van der Waals surface area contributed by atoms with Gasteiger partial charge in [0.25, 0.3) is 15.9 Å². The van der Waals surface area contributed by atoms with Crippen molar-refractivity contribution in [1.29, 1.82) is 0 Å². The van der Waals surface area contributed by atoms with Gasteiger partial charge in [0, 0.05) is 12.2 Å². The number of sulfonamides is 1. The van der Waals surface area contributed by atoms with Gasteiger partial charge in [-0.25, -0.2) is 8.42 Å². The fraction of sp³-hybridized carbons (Fsp3) is 0.240. The van der Waals surface area contributed by atoms with Crippen molar-refractivity contribution in [2.75, 3.05) is 37.5 Å². The van der Waals surface area contributed by atoms with Gasteiger partial charge in [-0.05, 0) is 54.8 Å². The molecule has 1 heterocycles. The Morgan fingerprint density at radius 1 is 0.912 bits per heavy atom. The Balaban J connectivity index is 1.67. The number of carbonyl (C=O) groups excluding carboxylic acids is 1. The van der Waals surface area contributed by atoms with Crippen molar-refractivity contribution in [3.63, 3.8) is 0 Å². The van der Waals surface area contributed by atoms with Gasteiger partial charge in [0.05, 0.1) is 37.5 Å². The van der Waals surface area contributed by atoms with E-state index in [0.717, 1.165) is 12.0 Å². The summed E-state index contributed by atoms with van der Waals surface area (Å²) in [6, 6.07) is 16.9. The molecule has 0 fully saturated rings. The standard InChI is InChI=1S/C25H26N2O6S/c1-31-22-14-13-20(23(32-2)24(22)33-3)25(28)26-18-12-11-17-8-7-15-27(21(17)16-18)34(29,30)19-9-5-4-6-10-19/h4-6,9-14,16H,7-8,15H2,1-3H3,(H,26,28). The molecule has 1 N–H and O–H groups in total. The number of fused-ring (bicyclic) bond motifs is 1. The molecular weight excluding hydrogens is 456 g/mol. The van der Waals surface area contributed by atoms with Crippen molar-refractivity contribution in [2.24, 2.45) is 0 Å². The number of ether oxygens (including phenoxy) is 3.